The molecule has 1 aromatic heterocycles. The van der Waals surface area contributed by atoms with Gasteiger partial charge in [0.2, 0.25) is 0 Å². The highest BCUT2D eigenvalue weighted by Gasteiger charge is 2.24. The van der Waals surface area contributed by atoms with E-state index in [4.69, 9.17) is 4.98 Å². The molecule has 0 saturated heterocycles. The molecule has 0 bridgehead atoms. The number of Topliss-reactive ketones (excluding diaryl/α,β-unsaturated/α-hetero) is 1. The Morgan fingerprint density at radius 2 is 1.62 bits per heavy atom. The van der Waals surface area contributed by atoms with Crippen molar-refractivity contribution in [2.45, 2.75) is 19.8 Å². The topological polar surface area (TPSA) is 42.9 Å². The van der Waals surface area contributed by atoms with Gasteiger partial charge < -0.3 is 0 Å². The third kappa shape index (κ3) is 3.15. The highest BCUT2D eigenvalue weighted by molar-refractivity contribution is 6.13. The molecule has 0 amide bonds. The van der Waals surface area contributed by atoms with Crippen LogP contribution < -0.4 is 0 Å². The maximum Gasteiger partial charge on any atom is 0.192 e. The summed E-state index contributed by atoms with van der Waals surface area (Å²) in [6, 6.07) is 22.4. The Hall–Kier alpha value is -3.59. The fourth-order valence-electron chi connectivity index (χ4n) is 4.02. The van der Waals surface area contributed by atoms with Crippen LogP contribution in [-0.4, -0.2) is 15.8 Å². The van der Waals surface area contributed by atoms with Gasteiger partial charge in [0.05, 0.1) is 11.3 Å². The first-order valence-electron chi connectivity index (χ1n) is 9.85. The number of nitrogens with zero attached hydrogens (tertiary/aromatic N) is 2. The number of aryl methyl sites for hydroxylation is 2. The lowest BCUT2D eigenvalue weighted by Crippen LogP contribution is -2.16. The summed E-state index contributed by atoms with van der Waals surface area (Å²) < 4.78 is 0. The number of ketones is 1. The van der Waals surface area contributed by atoms with Crippen LogP contribution in [0.4, 0.5) is 0 Å². The van der Waals surface area contributed by atoms with E-state index in [1.165, 1.54) is 10.9 Å². The molecule has 140 valence electrons. The molecule has 5 rings (SSSR count). The van der Waals surface area contributed by atoms with Gasteiger partial charge in [0.25, 0.3) is 0 Å². The molecule has 0 radical (unpaired) electrons. The third-order valence-electron chi connectivity index (χ3n) is 5.56. The van der Waals surface area contributed by atoms with Gasteiger partial charge in [-0.1, -0.05) is 66.7 Å². The minimum absolute atomic E-state index is 0.0374. The fourth-order valence-corrected chi connectivity index (χ4v) is 4.02. The monoisotopic (exact) mass is 376 g/mol. The van der Waals surface area contributed by atoms with Crippen molar-refractivity contribution in [3.8, 4) is 11.4 Å². The number of aromatic nitrogens is 2. The Kier molecular flexibility index (Phi) is 4.28. The minimum Gasteiger partial charge on any atom is -0.289 e. The summed E-state index contributed by atoms with van der Waals surface area (Å²) in [6.45, 7) is 2.11. The van der Waals surface area contributed by atoms with Crippen LogP contribution in [0, 0.1) is 6.92 Å². The van der Waals surface area contributed by atoms with E-state index in [-0.39, 0.29) is 5.78 Å². The van der Waals surface area contributed by atoms with Crippen molar-refractivity contribution in [3.05, 3.63) is 101 Å². The Morgan fingerprint density at radius 1 is 0.828 bits per heavy atom. The lowest BCUT2D eigenvalue weighted by atomic mass is 9.89. The van der Waals surface area contributed by atoms with Crippen LogP contribution in [0.5, 0.6) is 0 Å². The summed E-state index contributed by atoms with van der Waals surface area (Å²) in [5.41, 5.74) is 5.57. The fraction of sp³-hybridized carbons (Fsp3) is 0.115. The maximum atomic E-state index is 13.0. The molecule has 0 unspecified atom stereocenters. The summed E-state index contributed by atoms with van der Waals surface area (Å²) in [4.78, 5) is 22.3. The molecule has 0 fully saturated rings. The quantitative estimate of drug-likeness (QED) is 0.414. The third-order valence-corrected chi connectivity index (χ3v) is 5.56. The van der Waals surface area contributed by atoms with Gasteiger partial charge in [-0.25, -0.2) is 9.97 Å². The molecule has 3 aromatic carbocycles. The molecular formula is C26H20N2O. The summed E-state index contributed by atoms with van der Waals surface area (Å²) in [7, 11) is 0. The number of rotatable bonds is 2. The molecule has 0 N–H and O–H groups in total. The molecule has 0 spiro atoms. The number of fused-ring (bicyclic) bond motifs is 2. The average Bonchev–Trinajstić information content (AvgIpc) is 2.76. The van der Waals surface area contributed by atoms with E-state index in [1.54, 1.807) is 6.20 Å². The normalized spacial score (nSPS) is 14.9. The van der Waals surface area contributed by atoms with Crippen molar-refractivity contribution in [1.82, 2.24) is 9.97 Å². The van der Waals surface area contributed by atoms with Crippen molar-refractivity contribution < 1.29 is 4.79 Å². The molecule has 0 aliphatic heterocycles. The van der Waals surface area contributed by atoms with Crippen molar-refractivity contribution in [2.75, 3.05) is 0 Å². The van der Waals surface area contributed by atoms with Crippen molar-refractivity contribution in [3.63, 3.8) is 0 Å². The van der Waals surface area contributed by atoms with E-state index in [1.807, 2.05) is 42.5 Å². The number of allylic oxidation sites excluding steroid dienone is 1. The number of hydrogen-bond acceptors (Lipinski definition) is 3. The van der Waals surface area contributed by atoms with E-state index in [0.29, 0.717) is 17.8 Å². The number of carbonyl (C=O) groups is 1. The number of hydrogen-bond donors (Lipinski definition) is 0. The highest BCUT2D eigenvalue weighted by atomic mass is 16.1. The summed E-state index contributed by atoms with van der Waals surface area (Å²) >= 11 is 0. The van der Waals surface area contributed by atoms with Crippen LogP contribution in [0.25, 0.3) is 28.2 Å². The zero-order valence-corrected chi connectivity index (χ0v) is 16.2. The van der Waals surface area contributed by atoms with E-state index >= 15 is 0 Å². The lowest BCUT2D eigenvalue weighted by Gasteiger charge is -2.17. The lowest BCUT2D eigenvalue weighted by molar-refractivity contribution is 0.102. The molecule has 1 aliphatic rings. The van der Waals surface area contributed by atoms with Gasteiger partial charge in [0.15, 0.2) is 11.6 Å². The molecule has 4 aromatic rings. The SMILES string of the molecule is Cc1cccc2c(-c3ncc4c(n3)CC/C(=C\c3ccccc3)C4=O)cccc12. The highest BCUT2D eigenvalue weighted by Crippen LogP contribution is 2.31. The van der Waals surface area contributed by atoms with Crippen LogP contribution >= 0.6 is 0 Å². The molecule has 3 heteroatoms. The van der Waals surface area contributed by atoms with E-state index in [9.17, 15) is 4.79 Å². The first-order valence-corrected chi connectivity index (χ1v) is 9.85. The Labute approximate surface area is 169 Å². The standard InChI is InChI=1S/C26H20N2O/c1-17-7-5-11-21-20(17)10-6-12-22(21)26-27-16-23-24(28-26)14-13-19(25(23)29)15-18-8-3-2-4-9-18/h2-12,15-16H,13-14H2,1H3/b19-15+. The van der Waals surface area contributed by atoms with Gasteiger partial charge in [0.1, 0.15) is 0 Å². The van der Waals surface area contributed by atoms with Gasteiger partial charge in [-0.3, -0.25) is 4.79 Å². The molecular weight excluding hydrogens is 356 g/mol. The molecule has 29 heavy (non-hydrogen) atoms. The predicted molar refractivity (Wildman–Crippen MR) is 117 cm³/mol. The molecule has 1 aliphatic carbocycles. The van der Waals surface area contributed by atoms with Crippen molar-refractivity contribution >= 4 is 22.6 Å². The van der Waals surface area contributed by atoms with Crippen LogP contribution in [-0.2, 0) is 6.42 Å². The number of benzene rings is 3. The summed E-state index contributed by atoms with van der Waals surface area (Å²) in [5, 5.41) is 2.34. The first-order chi connectivity index (χ1) is 14.2. The second-order valence-electron chi connectivity index (χ2n) is 7.44. The second-order valence-corrected chi connectivity index (χ2v) is 7.44. The molecule has 3 nitrogen and oxygen atoms in total. The maximum absolute atomic E-state index is 13.0. The van der Waals surface area contributed by atoms with Gasteiger partial charge in [-0.15, -0.1) is 0 Å². The summed E-state index contributed by atoms with van der Waals surface area (Å²) in [5.74, 6) is 0.721. The van der Waals surface area contributed by atoms with Crippen LogP contribution in [0.2, 0.25) is 0 Å². The van der Waals surface area contributed by atoms with Gasteiger partial charge >= 0.3 is 0 Å². The molecule has 0 atom stereocenters. The predicted octanol–water partition coefficient (Wildman–Crippen LogP) is 5.82. The number of carbonyl (C=O) groups excluding carboxylic acids is 1. The smallest absolute Gasteiger partial charge is 0.192 e. The van der Waals surface area contributed by atoms with E-state index in [2.05, 4.69) is 42.2 Å². The van der Waals surface area contributed by atoms with Crippen molar-refractivity contribution in [1.29, 1.82) is 0 Å². The van der Waals surface area contributed by atoms with Crippen LogP contribution in [0.15, 0.2) is 78.5 Å². The van der Waals surface area contributed by atoms with E-state index < -0.39 is 0 Å². The van der Waals surface area contributed by atoms with Crippen molar-refractivity contribution in [2.24, 2.45) is 0 Å². The first kappa shape index (κ1) is 17.5. The van der Waals surface area contributed by atoms with Crippen LogP contribution in [0.3, 0.4) is 0 Å². The zero-order valence-electron chi connectivity index (χ0n) is 16.2. The molecule has 0 saturated carbocycles. The van der Waals surface area contributed by atoms with Gasteiger partial charge in [0, 0.05) is 17.3 Å². The Morgan fingerprint density at radius 3 is 2.48 bits per heavy atom. The van der Waals surface area contributed by atoms with Gasteiger partial charge in [-0.05, 0) is 47.7 Å². The summed E-state index contributed by atoms with van der Waals surface area (Å²) in [6.07, 6.45) is 5.13. The largest absolute Gasteiger partial charge is 0.289 e. The van der Waals surface area contributed by atoms with Crippen LogP contribution in [0.1, 0.15) is 33.6 Å². The average molecular weight is 376 g/mol. The Balaban J connectivity index is 1.55. The van der Waals surface area contributed by atoms with Gasteiger partial charge in [-0.2, -0.15) is 0 Å². The second kappa shape index (κ2) is 7.10. The zero-order chi connectivity index (χ0) is 19.8. The minimum atomic E-state index is 0.0374. The van der Waals surface area contributed by atoms with E-state index in [0.717, 1.165) is 34.2 Å². The molecule has 1 heterocycles. The Bertz CT molecular complexity index is 1270.